The highest BCUT2D eigenvalue weighted by Gasteiger charge is 2.22. The molecule has 1 saturated heterocycles. The third kappa shape index (κ3) is 7.28. The van der Waals surface area contributed by atoms with E-state index in [0.29, 0.717) is 12.5 Å². The normalized spacial score (nSPS) is 16.0. The maximum absolute atomic E-state index is 12.6. The zero-order valence-corrected chi connectivity index (χ0v) is 21.2. The van der Waals surface area contributed by atoms with E-state index in [0.717, 1.165) is 42.7 Å². The van der Waals surface area contributed by atoms with Crippen LogP contribution in [0.25, 0.3) is 0 Å². The molecule has 0 radical (unpaired) electrons. The van der Waals surface area contributed by atoms with E-state index in [1.165, 1.54) is 11.9 Å². The van der Waals surface area contributed by atoms with Crippen LogP contribution in [0, 0.1) is 11.8 Å². The minimum atomic E-state index is -1.15. The summed E-state index contributed by atoms with van der Waals surface area (Å²) in [4.78, 5) is 32.1. The Morgan fingerprint density at radius 1 is 1.18 bits per heavy atom. The quantitative estimate of drug-likeness (QED) is 0.376. The van der Waals surface area contributed by atoms with E-state index in [2.05, 4.69) is 44.2 Å². The van der Waals surface area contributed by atoms with Gasteiger partial charge in [-0.15, -0.1) is 0 Å². The second kappa shape index (κ2) is 13.0. The molecule has 198 valence electrons. The molecule has 0 spiro atoms. The molecule has 0 saturated carbocycles. The van der Waals surface area contributed by atoms with Crippen LogP contribution in [-0.2, 0) is 22.5 Å². The number of halogens is 1. The summed E-state index contributed by atoms with van der Waals surface area (Å²) in [6.45, 7) is 1.78. The Bertz CT molecular complexity index is 1350. The number of methoxy groups -OCH3 is 1. The fraction of sp³-hybridized carbons (Fsp3) is 0.345. The minimum absolute atomic E-state index is 0.0229. The zero-order chi connectivity index (χ0) is 26.9. The number of hydrogen-bond acceptors (Lipinski definition) is 6. The van der Waals surface area contributed by atoms with Crippen molar-refractivity contribution >= 4 is 5.91 Å². The van der Waals surface area contributed by atoms with Gasteiger partial charge >= 0.3 is 0 Å². The second-order valence-corrected chi connectivity index (χ2v) is 9.33. The molecule has 1 fully saturated rings. The summed E-state index contributed by atoms with van der Waals surface area (Å²) in [6.07, 6.45) is 2.95. The van der Waals surface area contributed by atoms with E-state index < -0.39 is 29.8 Å². The lowest BCUT2D eigenvalue weighted by atomic mass is 9.94. The van der Waals surface area contributed by atoms with Gasteiger partial charge in [-0.3, -0.25) is 14.5 Å². The molecule has 2 aromatic carbocycles. The first-order chi connectivity index (χ1) is 18.4. The van der Waals surface area contributed by atoms with Gasteiger partial charge in [-0.25, -0.2) is 9.37 Å². The van der Waals surface area contributed by atoms with Crippen molar-refractivity contribution in [2.45, 2.75) is 31.4 Å². The van der Waals surface area contributed by atoms with Crippen molar-refractivity contribution in [2.24, 2.45) is 0 Å². The number of rotatable bonds is 9. The van der Waals surface area contributed by atoms with E-state index in [1.807, 2.05) is 36.4 Å². The number of nitrogens with zero attached hydrogens (tertiary/aromatic N) is 2. The summed E-state index contributed by atoms with van der Waals surface area (Å²) in [5.41, 5.74) is 3.36. The summed E-state index contributed by atoms with van der Waals surface area (Å²) < 4.78 is 18.1. The number of nitrogens with one attached hydrogen (secondary N) is 2. The molecule has 1 amide bonds. The average molecular weight is 519 g/mol. The molecule has 8 nitrogen and oxygen atoms in total. The van der Waals surface area contributed by atoms with Crippen molar-refractivity contribution in [3.05, 3.63) is 93.2 Å². The molecule has 0 aliphatic carbocycles. The zero-order valence-electron chi connectivity index (χ0n) is 21.2. The molecular formula is C29H31FN4O4. The number of aromatic hydroxyl groups is 1. The van der Waals surface area contributed by atoms with Gasteiger partial charge in [-0.05, 0) is 48.2 Å². The Labute approximate surface area is 220 Å². The lowest BCUT2D eigenvalue weighted by molar-refractivity contribution is -0.122. The SMILES string of the molecule is COC1CCN(Cc2ccc(C#Cc3ccc(CC(CNC(=O)CF)c4nc[nH]c(=O)c4O)cc3)cc2)C1. The van der Waals surface area contributed by atoms with Gasteiger partial charge in [0, 0.05) is 50.3 Å². The van der Waals surface area contributed by atoms with E-state index >= 15 is 0 Å². The highest BCUT2D eigenvalue weighted by atomic mass is 19.1. The van der Waals surface area contributed by atoms with Crippen molar-refractivity contribution in [1.82, 2.24) is 20.2 Å². The number of ether oxygens (including phenoxy) is 1. The van der Waals surface area contributed by atoms with Crippen LogP contribution >= 0.6 is 0 Å². The van der Waals surface area contributed by atoms with Crippen LogP contribution in [0.15, 0.2) is 59.7 Å². The topological polar surface area (TPSA) is 108 Å². The first-order valence-corrected chi connectivity index (χ1v) is 12.5. The van der Waals surface area contributed by atoms with Crippen LogP contribution < -0.4 is 10.9 Å². The number of carbonyl (C=O) groups excluding carboxylic acids is 1. The van der Waals surface area contributed by atoms with Gasteiger partial charge in [0.25, 0.3) is 11.5 Å². The van der Waals surface area contributed by atoms with Crippen LogP contribution in [0.2, 0.25) is 0 Å². The second-order valence-electron chi connectivity index (χ2n) is 9.33. The highest BCUT2D eigenvalue weighted by molar-refractivity contribution is 5.77. The molecule has 0 bridgehead atoms. The maximum atomic E-state index is 12.6. The van der Waals surface area contributed by atoms with Gasteiger partial charge in [0.2, 0.25) is 5.75 Å². The molecule has 2 heterocycles. The number of benzene rings is 2. The molecule has 38 heavy (non-hydrogen) atoms. The van der Waals surface area contributed by atoms with E-state index in [1.54, 1.807) is 7.11 Å². The number of aromatic nitrogens is 2. The van der Waals surface area contributed by atoms with Crippen LogP contribution in [0.5, 0.6) is 5.75 Å². The number of aromatic amines is 1. The Hall–Kier alpha value is -4.00. The largest absolute Gasteiger partial charge is 0.502 e. The number of carbonyl (C=O) groups is 1. The molecule has 9 heteroatoms. The summed E-state index contributed by atoms with van der Waals surface area (Å²) in [6, 6.07) is 15.8. The fourth-order valence-electron chi connectivity index (χ4n) is 4.49. The third-order valence-corrected chi connectivity index (χ3v) is 6.62. The number of hydrogen-bond donors (Lipinski definition) is 3. The van der Waals surface area contributed by atoms with Crippen LogP contribution in [0.3, 0.4) is 0 Å². The predicted octanol–water partition coefficient (Wildman–Crippen LogP) is 2.51. The summed E-state index contributed by atoms with van der Waals surface area (Å²) in [7, 11) is 1.76. The Morgan fingerprint density at radius 2 is 1.84 bits per heavy atom. The first-order valence-electron chi connectivity index (χ1n) is 12.5. The Kier molecular flexibility index (Phi) is 9.25. The lowest BCUT2D eigenvalue weighted by Gasteiger charge is -2.17. The van der Waals surface area contributed by atoms with Gasteiger partial charge < -0.3 is 20.1 Å². The monoisotopic (exact) mass is 518 g/mol. The van der Waals surface area contributed by atoms with Gasteiger partial charge in [0.1, 0.15) is 0 Å². The molecule has 4 rings (SSSR count). The number of likely N-dealkylation sites (tertiary alicyclic amines) is 1. The molecule has 3 N–H and O–H groups in total. The maximum Gasteiger partial charge on any atom is 0.293 e. The number of H-pyrrole nitrogens is 1. The minimum Gasteiger partial charge on any atom is -0.502 e. The molecule has 1 aliphatic heterocycles. The van der Waals surface area contributed by atoms with Crippen molar-refractivity contribution in [2.75, 3.05) is 33.4 Å². The van der Waals surface area contributed by atoms with Crippen LogP contribution in [0.1, 0.15) is 40.3 Å². The van der Waals surface area contributed by atoms with Crippen molar-refractivity contribution in [1.29, 1.82) is 0 Å². The Balaban J connectivity index is 1.39. The first kappa shape index (κ1) is 27.0. The van der Waals surface area contributed by atoms with Gasteiger partial charge in [-0.1, -0.05) is 36.1 Å². The number of alkyl halides is 1. The molecule has 1 aromatic heterocycles. The van der Waals surface area contributed by atoms with E-state index in [-0.39, 0.29) is 12.2 Å². The van der Waals surface area contributed by atoms with Crippen LogP contribution in [-0.4, -0.2) is 65.4 Å². The highest BCUT2D eigenvalue weighted by Crippen LogP contribution is 2.24. The average Bonchev–Trinajstić information content (AvgIpc) is 3.40. The summed E-state index contributed by atoms with van der Waals surface area (Å²) in [5.74, 6) is 4.55. The van der Waals surface area contributed by atoms with E-state index in [9.17, 15) is 19.1 Å². The predicted molar refractivity (Wildman–Crippen MR) is 142 cm³/mol. The van der Waals surface area contributed by atoms with Gasteiger partial charge in [-0.2, -0.15) is 0 Å². The molecule has 2 atom stereocenters. The fourth-order valence-corrected chi connectivity index (χ4v) is 4.49. The number of amides is 1. The van der Waals surface area contributed by atoms with Crippen molar-refractivity contribution in [3.8, 4) is 17.6 Å². The van der Waals surface area contributed by atoms with E-state index in [4.69, 9.17) is 4.74 Å². The molecule has 3 aromatic rings. The van der Waals surface area contributed by atoms with Crippen LogP contribution in [0.4, 0.5) is 4.39 Å². The van der Waals surface area contributed by atoms with Crippen molar-refractivity contribution in [3.63, 3.8) is 0 Å². The summed E-state index contributed by atoms with van der Waals surface area (Å²) in [5, 5.41) is 12.6. The summed E-state index contributed by atoms with van der Waals surface area (Å²) >= 11 is 0. The third-order valence-electron chi connectivity index (χ3n) is 6.62. The van der Waals surface area contributed by atoms with Gasteiger partial charge in [0.15, 0.2) is 6.67 Å². The molecule has 2 unspecified atom stereocenters. The molecular weight excluding hydrogens is 487 g/mol. The van der Waals surface area contributed by atoms with Crippen molar-refractivity contribution < 1.29 is 19.0 Å². The Morgan fingerprint density at radius 3 is 2.45 bits per heavy atom. The smallest absolute Gasteiger partial charge is 0.293 e. The van der Waals surface area contributed by atoms with Gasteiger partial charge in [0.05, 0.1) is 18.1 Å². The standard InChI is InChI=1S/C29H31FN4O4/c1-38-25-12-13-34(18-25)17-23-10-6-21(7-11-23)3-2-20-4-8-22(9-5-20)14-24(16-31-26(35)15-30)27-28(36)29(37)33-19-32-27/h4-11,19,24-25,36H,12-18H2,1H3,(H,31,35)(H,32,33,37). The molecule has 1 aliphatic rings. The lowest BCUT2D eigenvalue weighted by Crippen LogP contribution is -2.31.